The van der Waals surface area contributed by atoms with Crippen LogP contribution in [0.5, 0.6) is 0 Å². The number of sulfonamides is 1. The minimum Gasteiger partial charge on any atom is -0.333 e. The van der Waals surface area contributed by atoms with Crippen molar-refractivity contribution < 1.29 is 13.2 Å². The number of benzene rings is 3. The zero-order valence-electron chi connectivity index (χ0n) is 17.4. The number of hydrogen-bond acceptors (Lipinski definition) is 5. The van der Waals surface area contributed by atoms with Crippen molar-refractivity contribution in [3.05, 3.63) is 71.7 Å². The molecule has 1 fully saturated rings. The van der Waals surface area contributed by atoms with E-state index in [0.29, 0.717) is 6.54 Å². The molecule has 5 rings (SSSR count). The molecule has 1 amide bonds. The highest BCUT2D eigenvalue weighted by molar-refractivity contribution is 7.89. The summed E-state index contributed by atoms with van der Waals surface area (Å²) < 4.78 is 29.1. The average Bonchev–Trinajstić information content (AvgIpc) is 3.45. The highest BCUT2D eigenvalue weighted by Gasteiger charge is 2.32. The van der Waals surface area contributed by atoms with E-state index in [1.165, 1.54) is 0 Å². The second-order valence-electron chi connectivity index (χ2n) is 7.92. The number of nitrogens with zero attached hydrogens (tertiary/aromatic N) is 2. The van der Waals surface area contributed by atoms with Gasteiger partial charge < -0.3 is 4.90 Å². The number of carbonyl (C=O) groups excluding carboxylic acids is 1. The Bertz CT molecular complexity index is 1360. The zero-order valence-corrected chi connectivity index (χ0v) is 19.0. The SMILES string of the molecule is O=C(CCNS(=O)(=O)c1ccc2ccccc2c1)N1CCC[C@H]1c1nc2ccccc2s1. The van der Waals surface area contributed by atoms with Crippen LogP contribution in [0.4, 0.5) is 0 Å². The van der Waals surface area contributed by atoms with E-state index < -0.39 is 10.0 Å². The Hall–Kier alpha value is -2.81. The second-order valence-corrected chi connectivity index (χ2v) is 10.8. The number of amides is 1. The molecular formula is C24H23N3O3S2. The molecule has 0 unspecified atom stereocenters. The number of likely N-dealkylation sites (tertiary alicyclic amines) is 1. The molecule has 3 aromatic carbocycles. The van der Waals surface area contributed by atoms with Gasteiger partial charge in [-0.2, -0.15) is 0 Å². The topological polar surface area (TPSA) is 79.4 Å². The number of thiazole rings is 1. The Labute approximate surface area is 190 Å². The van der Waals surface area contributed by atoms with Crippen LogP contribution in [0.15, 0.2) is 71.6 Å². The third-order valence-electron chi connectivity index (χ3n) is 5.83. The molecule has 0 aliphatic carbocycles. The predicted octanol–water partition coefficient (Wildman–Crippen LogP) is 4.48. The van der Waals surface area contributed by atoms with Gasteiger partial charge in [-0.05, 0) is 47.9 Å². The summed E-state index contributed by atoms with van der Waals surface area (Å²) in [6.07, 6.45) is 1.93. The Kier molecular flexibility index (Phi) is 5.67. The lowest BCUT2D eigenvalue weighted by molar-refractivity contribution is -0.131. The Morgan fingerprint density at radius 1 is 1.06 bits per heavy atom. The molecule has 6 nitrogen and oxygen atoms in total. The maximum Gasteiger partial charge on any atom is 0.240 e. The maximum atomic E-state index is 12.9. The fraction of sp³-hybridized carbons (Fsp3) is 0.250. The number of nitrogens with one attached hydrogen (secondary N) is 1. The first-order valence-electron chi connectivity index (χ1n) is 10.6. The van der Waals surface area contributed by atoms with Crippen molar-refractivity contribution in [2.45, 2.75) is 30.2 Å². The van der Waals surface area contributed by atoms with Gasteiger partial charge >= 0.3 is 0 Å². The molecule has 0 radical (unpaired) electrons. The van der Waals surface area contributed by atoms with Gasteiger partial charge in [0.2, 0.25) is 15.9 Å². The minimum atomic E-state index is -3.68. The summed E-state index contributed by atoms with van der Waals surface area (Å²) in [5.41, 5.74) is 0.954. The van der Waals surface area contributed by atoms with E-state index in [-0.39, 0.29) is 29.8 Å². The van der Waals surface area contributed by atoms with Crippen LogP contribution >= 0.6 is 11.3 Å². The van der Waals surface area contributed by atoms with E-state index >= 15 is 0 Å². The van der Waals surface area contributed by atoms with Crippen molar-refractivity contribution in [1.29, 1.82) is 0 Å². The molecule has 8 heteroatoms. The van der Waals surface area contributed by atoms with Crippen LogP contribution < -0.4 is 4.72 Å². The summed E-state index contributed by atoms with van der Waals surface area (Å²) in [4.78, 5) is 19.7. The van der Waals surface area contributed by atoms with Crippen LogP contribution in [0.2, 0.25) is 0 Å². The van der Waals surface area contributed by atoms with Crippen molar-refractivity contribution in [1.82, 2.24) is 14.6 Å². The van der Waals surface area contributed by atoms with E-state index in [1.807, 2.05) is 53.4 Å². The van der Waals surface area contributed by atoms with Crippen LogP contribution in [0, 0.1) is 0 Å². The van der Waals surface area contributed by atoms with Gasteiger partial charge in [-0.25, -0.2) is 18.1 Å². The van der Waals surface area contributed by atoms with Gasteiger partial charge in [0.05, 0.1) is 21.2 Å². The smallest absolute Gasteiger partial charge is 0.240 e. The van der Waals surface area contributed by atoms with Crippen molar-refractivity contribution in [2.75, 3.05) is 13.1 Å². The fourth-order valence-electron chi connectivity index (χ4n) is 4.21. The highest BCUT2D eigenvalue weighted by Crippen LogP contribution is 2.36. The van der Waals surface area contributed by atoms with Crippen LogP contribution in [0.3, 0.4) is 0 Å². The van der Waals surface area contributed by atoms with Gasteiger partial charge in [0.1, 0.15) is 5.01 Å². The first kappa shape index (κ1) is 21.1. The molecule has 1 atom stereocenters. The molecule has 1 aliphatic rings. The Morgan fingerprint density at radius 2 is 1.84 bits per heavy atom. The van der Waals surface area contributed by atoms with Gasteiger partial charge in [-0.15, -0.1) is 11.3 Å². The molecule has 32 heavy (non-hydrogen) atoms. The van der Waals surface area contributed by atoms with Crippen molar-refractivity contribution in [2.24, 2.45) is 0 Å². The second kappa shape index (κ2) is 8.61. The third kappa shape index (κ3) is 4.13. The minimum absolute atomic E-state index is 0.0306. The van der Waals surface area contributed by atoms with Crippen LogP contribution in [-0.2, 0) is 14.8 Å². The lowest BCUT2D eigenvalue weighted by Crippen LogP contribution is -2.34. The van der Waals surface area contributed by atoms with Gasteiger partial charge in [0.15, 0.2) is 0 Å². The largest absolute Gasteiger partial charge is 0.333 e. The van der Waals surface area contributed by atoms with E-state index in [2.05, 4.69) is 4.72 Å². The maximum absolute atomic E-state index is 12.9. The number of rotatable bonds is 6. The normalized spacial score (nSPS) is 16.8. The summed E-state index contributed by atoms with van der Waals surface area (Å²) >= 11 is 1.63. The molecule has 0 bridgehead atoms. The summed E-state index contributed by atoms with van der Waals surface area (Å²) in [7, 11) is -3.68. The van der Waals surface area contributed by atoms with Gasteiger partial charge in [-0.3, -0.25) is 4.79 Å². The Balaban J connectivity index is 1.24. The van der Waals surface area contributed by atoms with Gasteiger partial charge in [0.25, 0.3) is 0 Å². The first-order valence-corrected chi connectivity index (χ1v) is 12.9. The Morgan fingerprint density at radius 3 is 2.69 bits per heavy atom. The molecule has 1 N–H and O–H groups in total. The number of aromatic nitrogens is 1. The van der Waals surface area contributed by atoms with Crippen molar-refractivity contribution >= 4 is 48.3 Å². The van der Waals surface area contributed by atoms with Crippen molar-refractivity contribution in [3.63, 3.8) is 0 Å². The standard InChI is InChI=1S/C24H23N3O3S2/c28-23(27-15-5-9-21(27)24-26-20-8-3-4-10-22(20)31-24)13-14-25-32(29,30)19-12-11-17-6-1-2-7-18(17)16-19/h1-4,6-8,10-12,16,21,25H,5,9,13-15H2/t21-/m0/s1. The molecule has 1 saturated heterocycles. The number of para-hydroxylation sites is 1. The molecule has 164 valence electrons. The van der Waals surface area contributed by atoms with Crippen molar-refractivity contribution in [3.8, 4) is 0 Å². The molecule has 1 aliphatic heterocycles. The highest BCUT2D eigenvalue weighted by atomic mass is 32.2. The molecule has 1 aromatic heterocycles. The first-order chi connectivity index (χ1) is 15.5. The molecule has 0 saturated carbocycles. The number of hydrogen-bond donors (Lipinski definition) is 1. The van der Waals surface area contributed by atoms with Crippen LogP contribution in [0.25, 0.3) is 21.0 Å². The number of carbonyl (C=O) groups is 1. The monoisotopic (exact) mass is 465 g/mol. The predicted molar refractivity (Wildman–Crippen MR) is 127 cm³/mol. The average molecular weight is 466 g/mol. The summed E-state index contributed by atoms with van der Waals surface area (Å²) in [6, 6.07) is 20.6. The van der Waals surface area contributed by atoms with Crippen LogP contribution in [-0.4, -0.2) is 37.3 Å². The van der Waals surface area contributed by atoms with E-state index in [1.54, 1.807) is 29.5 Å². The third-order valence-corrected chi connectivity index (χ3v) is 8.43. The lowest BCUT2D eigenvalue weighted by atomic mass is 10.1. The summed E-state index contributed by atoms with van der Waals surface area (Å²) in [6.45, 7) is 0.744. The molecule has 4 aromatic rings. The lowest BCUT2D eigenvalue weighted by Gasteiger charge is -2.23. The molecular weight excluding hydrogens is 442 g/mol. The van der Waals surface area contributed by atoms with Gasteiger partial charge in [-0.1, -0.05) is 42.5 Å². The van der Waals surface area contributed by atoms with E-state index in [4.69, 9.17) is 4.98 Å². The van der Waals surface area contributed by atoms with Gasteiger partial charge in [0, 0.05) is 19.5 Å². The van der Waals surface area contributed by atoms with E-state index in [9.17, 15) is 13.2 Å². The van der Waals surface area contributed by atoms with E-state index in [0.717, 1.165) is 38.8 Å². The number of fused-ring (bicyclic) bond motifs is 2. The fourth-order valence-corrected chi connectivity index (χ4v) is 6.39. The zero-order chi connectivity index (χ0) is 22.1. The summed E-state index contributed by atoms with van der Waals surface area (Å²) in [5, 5.41) is 2.80. The quantitative estimate of drug-likeness (QED) is 0.455. The summed E-state index contributed by atoms with van der Waals surface area (Å²) in [5.74, 6) is -0.0482. The van der Waals surface area contributed by atoms with Crippen LogP contribution in [0.1, 0.15) is 30.3 Å². The molecule has 0 spiro atoms. The molecule has 2 heterocycles.